The highest BCUT2D eigenvalue weighted by Gasteiger charge is 1.98. The number of hydrogen-bond acceptors (Lipinski definition) is 2. The number of aromatic nitrogens is 2. The lowest BCUT2D eigenvalue weighted by Gasteiger charge is -2.04. The largest absolute Gasteiger partial charge is 0.311 e. The van der Waals surface area contributed by atoms with Crippen LogP contribution in [-0.2, 0) is 13.1 Å². The van der Waals surface area contributed by atoms with E-state index in [1.165, 1.54) is 0 Å². The van der Waals surface area contributed by atoms with Gasteiger partial charge < -0.3 is 5.32 Å². The first kappa shape index (κ1) is 12.0. The summed E-state index contributed by atoms with van der Waals surface area (Å²) in [7, 11) is 0. The third-order valence-electron chi connectivity index (χ3n) is 2.12. The third-order valence-corrected chi connectivity index (χ3v) is 2.12. The zero-order valence-corrected chi connectivity index (χ0v) is 9.74. The van der Waals surface area contributed by atoms with Crippen molar-refractivity contribution in [3.05, 3.63) is 30.6 Å². The highest BCUT2D eigenvalue weighted by atomic mass is 15.3. The molecular weight excluding hydrogens is 186 g/mol. The molecule has 0 bridgehead atoms. The molecule has 1 heterocycles. The van der Waals surface area contributed by atoms with Gasteiger partial charge in [0.05, 0.1) is 5.69 Å². The van der Waals surface area contributed by atoms with E-state index in [2.05, 4.69) is 36.9 Å². The van der Waals surface area contributed by atoms with Gasteiger partial charge in [-0.3, -0.25) is 4.68 Å². The Kier molecular flexibility index (Phi) is 5.12. The molecule has 0 aliphatic rings. The molecule has 0 amide bonds. The number of aryl methyl sites for hydroxylation is 1. The molecule has 84 valence electrons. The molecule has 0 aromatic carbocycles. The minimum absolute atomic E-state index is 0.688. The molecule has 0 aliphatic carbocycles. The van der Waals surface area contributed by atoms with Crippen LogP contribution in [0.5, 0.6) is 0 Å². The van der Waals surface area contributed by atoms with Crippen LogP contribution in [0.4, 0.5) is 0 Å². The summed E-state index contributed by atoms with van der Waals surface area (Å²) < 4.78 is 1.97. The first-order chi connectivity index (χ1) is 7.22. The van der Waals surface area contributed by atoms with Crippen LogP contribution in [0, 0.1) is 5.92 Å². The lowest BCUT2D eigenvalue weighted by atomic mass is 10.2. The minimum atomic E-state index is 0.688. The fraction of sp³-hybridized carbons (Fsp3) is 0.583. The molecular formula is C12H21N3. The summed E-state index contributed by atoms with van der Waals surface area (Å²) in [5, 5.41) is 7.83. The van der Waals surface area contributed by atoms with Gasteiger partial charge in [0.1, 0.15) is 0 Å². The SMILES string of the molecule is C=CCCn1ccc(CNCC(C)C)n1. The molecule has 0 aliphatic heterocycles. The fourth-order valence-electron chi connectivity index (χ4n) is 1.34. The van der Waals surface area contributed by atoms with Crippen LogP contribution in [0.1, 0.15) is 26.0 Å². The molecule has 1 aromatic heterocycles. The number of nitrogens with zero attached hydrogens (tertiary/aromatic N) is 2. The minimum Gasteiger partial charge on any atom is -0.311 e. The zero-order valence-electron chi connectivity index (χ0n) is 9.74. The highest BCUT2D eigenvalue weighted by Crippen LogP contribution is 1.97. The summed E-state index contributed by atoms with van der Waals surface area (Å²) in [6.07, 6.45) is 4.91. The summed E-state index contributed by atoms with van der Waals surface area (Å²) >= 11 is 0. The van der Waals surface area contributed by atoms with E-state index in [4.69, 9.17) is 0 Å². The van der Waals surface area contributed by atoms with Gasteiger partial charge in [-0.25, -0.2) is 0 Å². The van der Waals surface area contributed by atoms with Crippen LogP contribution in [0.15, 0.2) is 24.9 Å². The number of rotatable bonds is 7. The molecule has 0 fully saturated rings. The monoisotopic (exact) mass is 207 g/mol. The van der Waals surface area contributed by atoms with Crippen LogP contribution in [-0.4, -0.2) is 16.3 Å². The van der Waals surface area contributed by atoms with Gasteiger partial charge in [0.15, 0.2) is 0 Å². The average molecular weight is 207 g/mol. The molecule has 0 saturated carbocycles. The maximum absolute atomic E-state index is 4.45. The van der Waals surface area contributed by atoms with Crippen molar-refractivity contribution >= 4 is 0 Å². The second-order valence-corrected chi connectivity index (χ2v) is 4.17. The van der Waals surface area contributed by atoms with Gasteiger partial charge >= 0.3 is 0 Å². The molecule has 15 heavy (non-hydrogen) atoms. The number of allylic oxidation sites excluding steroid dienone is 1. The standard InChI is InChI=1S/C12H21N3/c1-4-5-7-15-8-6-12(14-15)10-13-9-11(2)3/h4,6,8,11,13H,1,5,7,9-10H2,2-3H3. The lowest BCUT2D eigenvalue weighted by molar-refractivity contribution is 0.539. The van der Waals surface area contributed by atoms with Gasteiger partial charge in [-0.1, -0.05) is 19.9 Å². The Balaban J connectivity index is 2.29. The predicted molar refractivity (Wildman–Crippen MR) is 63.6 cm³/mol. The van der Waals surface area contributed by atoms with Crippen LogP contribution in [0.3, 0.4) is 0 Å². The van der Waals surface area contributed by atoms with E-state index in [-0.39, 0.29) is 0 Å². The van der Waals surface area contributed by atoms with Crippen molar-refractivity contribution in [2.75, 3.05) is 6.54 Å². The molecule has 0 saturated heterocycles. The van der Waals surface area contributed by atoms with Crippen molar-refractivity contribution in [3.63, 3.8) is 0 Å². The van der Waals surface area contributed by atoms with Crippen LogP contribution in [0.2, 0.25) is 0 Å². The summed E-state index contributed by atoms with van der Waals surface area (Å²) in [4.78, 5) is 0. The van der Waals surface area contributed by atoms with E-state index >= 15 is 0 Å². The molecule has 3 heteroatoms. The highest BCUT2D eigenvalue weighted by molar-refractivity contribution is 4.98. The Morgan fingerprint density at radius 1 is 1.60 bits per heavy atom. The Bertz CT molecular complexity index is 289. The van der Waals surface area contributed by atoms with Gasteiger partial charge in [0, 0.05) is 19.3 Å². The number of hydrogen-bond donors (Lipinski definition) is 1. The van der Waals surface area contributed by atoms with Crippen molar-refractivity contribution in [1.82, 2.24) is 15.1 Å². The second kappa shape index (κ2) is 6.40. The summed E-state index contributed by atoms with van der Waals surface area (Å²) in [6, 6.07) is 2.07. The van der Waals surface area contributed by atoms with Crippen LogP contribution in [0.25, 0.3) is 0 Å². The van der Waals surface area contributed by atoms with E-state index < -0.39 is 0 Å². The molecule has 0 radical (unpaired) electrons. The van der Waals surface area contributed by atoms with Gasteiger partial charge in [0.25, 0.3) is 0 Å². The average Bonchev–Trinajstić information content (AvgIpc) is 2.62. The van der Waals surface area contributed by atoms with Crippen molar-refractivity contribution in [3.8, 4) is 0 Å². The van der Waals surface area contributed by atoms with Crippen LogP contribution < -0.4 is 5.32 Å². The zero-order chi connectivity index (χ0) is 11.1. The van der Waals surface area contributed by atoms with E-state index in [1.54, 1.807) is 0 Å². The van der Waals surface area contributed by atoms with E-state index in [0.717, 1.165) is 31.7 Å². The lowest BCUT2D eigenvalue weighted by Crippen LogP contribution is -2.19. The topological polar surface area (TPSA) is 29.9 Å². The van der Waals surface area contributed by atoms with E-state index in [0.29, 0.717) is 5.92 Å². The van der Waals surface area contributed by atoms with Crippen LogP contribution >= 0.6 is 0 Å². The first-order valence-electron chi connectivity index (χ1n) is 5.56. The molecule has 1 aromatic rings. The predicted octanol–water partition coefficient (Wildman–Crippen LogP) is 2.20. The molecule has 3 nitrogen and oxygen atoms in total. The third kappa shape index (κ3) is 4.79. The van der Waals surface area contributed by atoms with Crippen molar-refractivity contribution in [1.29, 1.82) is 0 Å². The van der Waals surface area contributed by atoms with E-state index in [9.17, 15) is 0 Å². The van der Waals surface area contributed by atoms with Gasteiger partial charge in [-0.05, 0) is 24.9 Å². The Hall–Kier alpha value is -1.09. The second-order valence-electron chi connectivity index (χ2n) is 4.17. The van der Waals surface area contributed by atoms with Crippen molar-refractivity contribution in [2.45, 2.75) is 33.4 Å². The summed E-state index contributed by atoms with van der Waals surface area (Å²) in [6.45, 7) is 10.9. The van der Waals surface area contributed by atoms with Gasteiger partial charge in [-0.15, -0.1) is 6.58 Å². The molecule has 0 unspecified atom stereocenters. The summed E-state index contributed by atoms with van der Waals surface area (Å²) in [5.74, 6) is 0.688. The Labute approximate surface area is 92.2 Å². The normalized spacial score (nSPS) is 10.9. The maximum Gasteiger partial charge on any atom is 0.0762 e. The van der Waals surface area contributed by atoms with Crippen molar-refractivity contribution in [2.24, 2.45) is 5.92 Å². The van der Waals surface area contributed by atoms with Gasteiger partial charge in [0.2, 0.25) is 0 Å². The molecule has 0 spiro atoms. The maximum atomic E-state index is 4.45. The fourth-order valence-corrected chi connectivity index (χ4v) is 1.34. The first-order valence-corrected chi connectivity index (χ1v) is 5.56. The smallest absolute Gasteiger partial charge is 0.0762 e. The quantitative estimate of drug-likeness (QED) is 0.695. The number of nitrogens with one attached hydrogen (secondary N) is 1. The molecule has 1 N–H and O–H groups in total. The molecule has 0 atom stereocenters. The Morgan fingerprint density at radius 3 is 3.07 bits per heavy atom. The molecule has 1 rings (SSSR count). The van der Waals surface area contributed by atoms with Crippen molar-refractivity contribution < 1.29 is 0 Å². The van der Waals surface area contributed by atoms with Gasteiger partial charge in [-0.2, -0.15) is 5.10 Å². The Morgan fingerprint density at radius 2 is 2.40 bits per heavy atom. The van der Waals surface area contributed by atoms with E-state index in [1.807, 2.05) is 17.0 Å². The summed E-state index contributed by atoms with van der Waals surface area (Å²) in [5.41, 5.74) is 1.11.